The molecule has 0 aliphatic carbocycles. The zero-order valence-corrected chi connectivity index (χ0v) is 14.0. The van der Waals surface area contributed by atoms with Crippen LogP contribution >= 0.6 is 0 Å². The third kappa shape index (κ3) is 5.12. The van der Waals surface area contributed by atoms with E-state index in [4.69, 9.17) is 0 Å². The van der Waals surface area contributed by atoms with Crippen molar-refractivity contribution in [3.8, 4) is 0 Å². The van der Waals surface area contributed by atoms with Crippen LogP contribution in [0.5, 0.6) is 0 Å². The van der Waals surface area contributed by atoms with Gasteiger partial charge in [-0.1, -0.05) is 30.3 Å². The lowest BCUT2D eigenvalue weighted by Crippen LogP contribution is -2.51. The second-order valence-corrected chi connectivity index (χ2v) is 6.01. The van der Waals surface area contributed by atoms with Gasteiger partial charge in [-0.25, -0.2) is 9.67 Å². The van der Waals surface area contributed by atoms with E-state index in [1.807, 2.05) is 30.3 Å². The number of hydrogen-bond donors (Lipinski definition) is 1. The van der Waals surface area contributed by atoms with Gasteiger partial charge in [0.15, 0.2) is 0 Å². The number of aromatic nitrogens is 3. The average molecular weight is 342 g/mol. The van der Waals surface area contributed by atoms with Crippen molar-refractivity contribution in [1.29, 1.82) is 0 Å². The molecule has 1 fully saturated rings. The predicted molar refractivity (Wildman–Crippen MR) is 91.3 cm³/mol. The van der Waals surface area contributed by atoms with Crippen LogP contribution in [0.3, 0.4) is 0 Å². The third-order valence-electron chi connectivity index (χ3n) is 4.19. The Hall–Kier alpha value is -2.74. The van der Waals surface area contributed by atoms with Crippen molar-refractivity contribution in [1.82, 2.24) is 29.9 Å². The molecule has 1 aliphatic heterocycles. The van der Waals surface area contributed by atoms with E-state index in [0.29, 0.717) is 39.3 Å². The molecule has 25 heavy (non-hydrogen) atoms. The quantitative estimate of drug-likeness (QED) is 0.782. The van der Waals surface area contributed by atoms with Gasteiger partial charge in [-0.05, 0) is 5.56 Å². The number of hydrogen-bond acceptors (Lipinski definition) is 5. The number of carbonyl (C=O) groups is 2. The van der Waals surface area contributed by atoms with Crippen LogP contribution in [-0.2, 0) is 22.7 Å². The van der Waals surface area contributed by atoms with E-state index in [2.05, 4.69) is 20.3 Å². The Bertz CT molecular complexity index is 680. The van der Waals surface area contributed by atoms with Crippen molar-refractivity contribution >= 4 is 11.8 Å². The van der Waals surface area contributed by atoms with Crippen molar-refractivity contribution in [2.24, 2.45) is 0 Å². The topological polar surface area (TPSA) is 83.4 Å². The Morgan fingerprint density at radius 1 is 1.04 bits per heavy atom. The number of benzene rings is 1. The molecule has 132 valence electrons. The zero-order chi connectivity index (χ0) is 17.5. The highest BCUT2D eigenvalue weighted by molar-refractivity contribution is 5.78. The van der Waals surface area contributed by atoms with Crippen LogP contribution in [-0.4, -0.2) is 69.1 Å². The van der Waals surface area contributed by atoms with Gasteiger partial charge in [-0.3, -0.25) is 14.5 Å². The molecule has 3 rings (SSSR count). The van der Waals surface area contributed by atoms with Gasteiger partial charge in [-0.15, -0.1) is 0 Å². The summed E-state index contributed by atoms with van der Waals surface area (Å²) in [6.07, 6.45) is 2.95. The second kappa shape index (κ2) is 8.39. The standard InChI is InChI=1S/C17H22N6O2/c24-16(19-10-15-4-2-1-3-5-15)11-21-6-8-22(9-7-21)17(25)12-23-14-18-13-20-23/h1-5,13-14H,6-12H2,(H,19,24). The number of nitrogens with zero attached hydrogens (tertiary/aromatic N) is 5. The molecule has 2 heterocycles. The first-order chi connectivity index (χ1) is 12.2. The highest BCUT2D eigenvalue weighted by Gasteiger charge is 2.22. The molecule has 2 aromatic rings. The van der Waals surface area contributed by atoms with E-state index >= 15 is 0 Å². The summed E-state index contributed by atoms with van der Waals surface area (Å²) in [5, 5.41) is 6.88. The summed E-state index contributed by atoms with van der Waals surface area (Å²) in [5.74, 6) is 0.0323. The molecule has 1 N–H and O–H groups in total. The van der Waals surface area contributed by atoms with Crippen LogP contribution in [0, 0.1) is 0 Å². The van der Waals surface area contributed by atoms with Gasteiger partial charge in [0.2, 0.25) is 11.8 Å². The Labute approximate surface area is 146 Å². The normalized spacial score (nSPS) is 15.1. The summed E-state index contributed by atoms with van der Waals surface area (Å²) in [7, 11) is 0. The maximum absolute atomic E-state index is 12.2. The minimum Gasteiger partial charge on any atom is -0.351 e. The summed E-state index contributed by atoms with van der Waals surface area (Å²) >= 11 is 0. The summed E-state index contributed by atoms with van der Waals surface area (Å²) in [4.78, 5) is 32.0. The minimum absolute atomic E-state index is 0.00578. The fourth-order valence-corrected chi connectivity index (χ4v) is 2.76. The number of amides is 2. The molecule has 2 amide bonds. The summed E-state index contributed by atoms with van der Waals surface area (Å²) in [6.45, 7) is 3.74. The lowest BCUT2D eigenvalue weighted by atomic mass is 10.2. The lowest BCUT2D eigenvalue weighted by molar-refractivity contribution is -0.134. The maximum atomic E-state index is 12.2. The average Bonchev–Trinajstić information content (AvgIpc) is 3.14. The zero-order valence-electron chi connectivity index (χ0n) is 14.0. The largest absolute Gasteiger partial charge is 0.351 e. The molecule has 0 saturated carbocycles. The van der Waals surface area contributed by atoms with Crippen LogP contribution in [0.2, 0.25) is 0 Å². The van der Waals surface area contributed by atoms with Crippen molar-refractivity contribution < 1.29 is 9.59 Å². The van der Waals surface area contributed by atoms with E-state index in [0.717, 1.165) is 5.56 Å². The molecule has 0 bridgehead atoms. The van der Waals surface area contributed by atoms with Crippen molar-refractivity contribution in [3.05, 3.63) is 48.5 Å². The summed E-state index contributed by atoms with van der Waals surface area (Å²) < 4.78 is 1.52. The first kappa shape index (κ1) is 17.1. The van der Waals surface area contributed by atoms with Gasteiger partial charge in [0.25, 0.3) is 0 Å². The Morgan fingerprint density at radius 2 is 1.80 bits per heavy atom. The van der Waals surface area contributed by atoms with Gasteiger partial charge < -0.3 is 10.2 Å². The monoisotopic (exact) mass is 342 g/mol. The number of nitrogens with one attached hydrogen (secondary N) is 1. The number of carbonyl (C=O) groups excluding carboxylic acids is 2. The van der Waals surface area contributed by atoms with Gasteiger partial charge >= 0.3 is 0 Å². The van der Waals surface area contributed by atoms with Gasteiger partial charge in [0.1, 0.15) is 19.2 Å². The van der Waals surface area contributed by atoms with E-state index in [9.17, 15) is 9.59 Å². The highest BCUT2D eigenvalue weighted by Crippen LogP contribution is 2.03. The maximum Gasteiger partial charge on any atom is 0.244 e. The Balaban J connectivity index is 1.37. The van der Waals surface area contributed by atoms with E-state index in [1.54, 1.807) is 4.90 Å². The van der Waals surface area contributed by atoms with Gasteiger partial charge in [0.05, 0.1) is 6.54 Å². The van der Waals surface area contributed by atoms with E-state index < -0.39 is 0 Å². The third-order valence-corrected chi connectivity index (χ3v) is 4.19. The predicted octanol–water partition coefficient (Wildman–Crippen LogP) is -0.261. The van der Waals surface area contributed by atoms with Crippen LogP contribution in [0.4, 0.5) is 0 Å². The Morgan fingerprint density at radius 3 is 2.48 bits per heavy atom. The first-order valence-electron chi connectivity index (χ1n) is 8.34. The molecule has 1 aromatic carbocycles. The molecule has 8 heteroatoms. The second-order valence-electron chi connectivity index (χ2n) is 6.01. The van der Waals surface area contributed by atoms with Crippen LogP contribution in [0.15, 0.2) is 43.0 Å². The molecular formula is C17H22N6O2. The van der Waals surface area contributed by atoms with Crippen LogP contribution in [0.25, 0.3) is 0 Å². The van der Waals surface area contributed by atoms with Gasteiger partial charge in [-0.2, -0.15) is 5.10 Å². The highest BCUT2D eigenvalue weighted by atomic mass is 16.2. The molecule has 0 radical (unpaired) electrons. The van der Waals surface area contributed by atoms with E-state index in [-0.39, 0.29) is 18.4 Å². The molecule has 0 unspecified atom stereocenters. The number of piperazine rings is 1. The number of rotatable bonds is 6. The Kier molecular flexibility index (Phi) is 5.73. The lowest BCUT2D eigenvalue weighted by Gasteiger charge is -2.34. The molecule has 0 atom stereocenters. The molecule has 8 nitrogen and oxygen atoms in total. The first-order valence-corrected chi connectivity index (χ1v) is 8.34. The SMILES string of the molecule is O=C(CN1CCN(C(=O)Cn2cncn2)CC1)NCc1ccccc1. The molecule has 1 aliphatic rings. The van der Waals surface area contributed by atoms with Crippen LogP contribution < -0.4 is 5.32 Å². The van der Waals surface area contributed by atoms with Crippen molar-refractivity contribution in [3.63, 3.8) is 0 Å². The fourth-order valence-electron chi connectivity index (χ4n) is 2.76. The van der Waals surface area contributed by atoms with Crippen molar-refractivity contribution in [2.45, 2.75) is 13.1 Å². The smallest absolute Gasteiger partial charge is 0.244 e. The molecular weight excluding hydrogens is 320 g/mol. The molecule has 0 spiro atoms. The molecule has 1 saturated heterocycles. The molecule has 1 aromatic heterocycles. The summed E-state index contributed by atoms with van der Waals surface area (Å²) in [5.41, 5.74) is 1.08. The summed E-state index contributed by atoms with van der Waals surface area (Å²) in [6, 6.07) is 9.84. The van der Waals surface area contributed by atoms with Gasteiger partial charge in [0, 0.05) is 32.7 Å². The van der Waals surface area contributed by atoms with Crippen molar-refractivity contribution in [2.75, 3.05) is 32.7 Å². The minimum atomic E-state index is 0.00578. The fraction of sp³-hybridized carbons (Fsp3) is 0.412. The van der Waals surface area contributed by atoms with E-state index in [1.165, 1.54) is 17.3 Å². The van der Waals surface area contributed by atoms with Crippen LogP contribution in [0.1, 0.15) is 5.56 Å².